The molecule has 0 heterocycles. The van der Waals surface area contributed by atoms with Crippen LogP contribution in [-0.2, 0) is 14.3 Å². The second kappa shape index (κ2) is 5.71. The van der Waals surface area contributed by atoms with Gasteiger partial charge in [0.25, 0.3) is 5.91 Å². The minimum absolute atomic E-state index is 0.379. The van der Waals surface area contributed by atoms with E-state index in [-0.39, 0.29) is 6.61 Å². The molecule has 0 aliphatic rings. The first-order valence-corrected chi connectivity index (χ1v) is 5.03. The molecule has 4 nitrogen and oxygen atoms in total. The van der Waals surface area contributed by atoms with Crippen molar-refractivity contribution in [3.8, 4) is 12.3 Å². The van der Waals surface area contributed by atoms with E-state index in [1.54, 1.807) is 12.0 Å². The predicted molar refractivity (Wildman–Crippen MR) is 64.3 cm³/mol. The zero-order valence-electron chi connectivity index (χ0n) is 9.74. The van der Waals surface area contributed by atoms with Crippen molar-refractivity contribution in [2.24, 2.45) is 0 Å². The average molecular weight is 231 g/mol. The molecule has 0 aliphatic heterocycles. The second-order valence-corrected chi connectivity index (χ2v) is 3.57. The van der Waals surface area contributed by atoms with Crippen molar-refractivity contribution < 1.29 is 14.3 Å². The van der Waals surface area contributed by atoms with E-state index in [2.05, 4.69) is 10.1 Å². The summed E-state index contributed by atoms with van der Waals surface area (Å²) in [5.74, 6) is 0.493. The fraction of sp³-hybridized carbons (Fsp3) is 0.231. The first-order valence-electron chi connectivity index (χ1n) is 5.03. The van der Waals surface area contributed by atoms with Crippen LogP contribution in [0.2, 0.25) is 0 Å². The molecule has 0 unspecified atom stereocenters. The summed E-state index contributed by atoms with van der Waals surface area (Å²) in [4.78, 5) is 22.0. The number of carbonyl (C=O) groups excluding carboxylic acids is 2. The van der Waals surface area contributed by atoms with E-state index >= 15 is 0 Å². The van der Waals surface area contributed by atoms with Gasteiger partial charge in [-0.25, -0.2) is 4.79 Å². The number of hydrogen-bond donors (Lipinski definition) is 1. The molecule has 1 amide bonds. The number of amides is 1. The number of terminal acetylenes is 1. The number of esters is 1. The summed E-state index contributed by atoms with van der Waals surface area (Å²) in [5.41, 5.74) is 2.88. The maximum atomic E-state index is 11.4. The predicted octanol–water partition coefficient (Wildman–Crippen LogP) is 1.42. The average Bonchev–Trinajstić information content (AvgIpc) is 2.31. The van der Waals surface area contributed by atoms with Crippen LogP contribution in [0.25, 0.3) is 0 Å². The Bertz CT molecular complexity index is 486. The normalized spacial score (nSPS) is 9.24. The first-order chi connectivity index (χ1) is 8.02. The Morgan fingerprint density at radius 3 is 2.65 bits per heavy atom. The van der Waals surface area contributed by atoms with Gasteiger partial charge in [-0.1, -0.05) is 6.07 Å². The number of rotatable bonds is 3. The van der Waals surface area contributed by atoms with Crippen LogP contribution in [-0.4, -0.2) is 18.5 Å². The largest absolute Gasteiger partial charge is 0.446 e. The van der Waals surface area contributed by atoms with Crippen molar-refractivity contribution in [3.05, 3.63) is 29.3 Å². The molecule has 4 heteroatoms. The number of anilines is 1. The lowest BCUT2D eigenvalue weighted by atomic mass is 10.1. The molecule has 0 spiro atoms. The Morgan fingerprint density at radius 2 is 2.06 bits per heavy atom. The Labute approximate surface area is 100.0 Å². The van der Waals surface area contributed by atoms with E-state index in [0.29, 0.717) is 5.69 Å². The molecule has 1 N–H and O–H groups in total. The molecule has 0 aromatic heterocycles. The fourth-order valence-corrected chi connectivity index (χ4v) is 1.19. The highest BCUT2D eigenvalue weighted by Crippen LogP contribution is 2.13. The van der Waals surface area contributed by atoms with Gasteiger partial charge < -0.3 is 10.1 Å². The molecule has 88 valence electrons. The summed E-state index contributed by atoms with van der Waals surface area (Å²) >= 11 is 0. The summed E-state index contributed by atoms with van der Waals surface area (Å²) in [5, 5.41) is 2.60. The Balaban J connectivity index is 2.54. The van der Waals surface area contributed by atoms with Gasteiger partial charge >= 0.3 is 5.97 Å². The topological polar surface area (TPSA) is 55.4 Å². The van der Waals surface area contributed by atoms with Crippen LogP contribution in [0.3, 0.4) is 0 Å². The van der Waals surface area contributed by atoms with Crippen LogP contribution < -0.4 is 5.32 Å². The maximum absolute atomic E-state index is 11.4. The third-order valence-corrected chi connectivity index (χ3v) is 2.24. The Kier molecular flexibility index (Phi) is 4.29. The Hall–Kier alpha value is -2.28. The van der Waals surface area contributed by atoms with Crippen molar-refractivity contribution in [2.75, 3.05) is 11.9 Å². The van der Waals surface area contributed by atoms with E-state index < -0.39 is 11.9 Å². The molecule has 0 atom stereocenters. The lowest BCUT2D eigenvalue weighted by Gasteiger charge is -2.07. The van der Waals surface area contributed by atoms with Crippen LogP contribution in [0.5, 0.6) is 0 Å². The zero-order valence-corrected chi connectivity index (χ0v) is 9.74. The maximum Gasteiger partial charge on any atom is 0.384 e. The van der Waals surface area contributed by atoms with Gasteiger partial charge in [0.1, 0.15) is 0 Å². The SMILES string of the molecule is C#CC(=O)OCC(=O)Nc1ccc(C)c(C)c1. The number of aryl methyl sites for hydroxylation is 2. The van der Waals surface area contributed by atoms with Crippen LogP contribution in [0.1, 0.15) is 11.1 Å². The summed E-state index contributed by atoms with van der Waals surface area (Å²) < 4.78 is 4.49. The molecule has 0 fully saturated rings. The highest BCUT2D eigenvalue weighted by atomic mass is 16.5. The van der Waals surface area contributed by atoms with E-state index in [4.69, 9.17) is 6.42 Å². The van der Waals surface area contributed by atoms with Crippen molar-refractivity contribution in [3.63, 3.8) is 0 Å². The van der Waals surface area contributed by atoms with Gasteiger partial charge in [-0.2, -0.15) is 0 Å². The molecule has 17 heavy (non-hydrogen) atoms. The molecular formula is C13H13NO3. The molecule has 0 bridgehead atoms. The third kappa shape index (κ3) is 3.99. The molecule has 1 rings (SSSR count). The van der Waals surface area contributed by atoms with Gasteiger partial charge in [0.15, 0.2) is 6.61 Å². The smallest absolute Gasteiger partial charge is 0.384 e. The molecule has 0 radical (unpaired) electrons. The lowest BCUT2D eigenvalue weighted by molar-refractivity contribution is -0.141. The molecule has 0 aliphatic carbocycles. The highest BCUT2D eigenvalue weighted by Gasteiger charge is 2.06. The van der Waals surface area contributed by atoms with E-state index in [1.807, 2.05) is 26.0 Å². The van der Waals surface area contributed by atoms with Gasteiger partial charge in [-0.3, -0.25) is 4.79 Å². The molecule has 0 saturated heterocycles. The lowest BCUT2D eigenvalue weighted by Crippen LogP contribution is -2.20. The first kappa shape index (κ1) is 12.8. The quantitative estimate of drug-likeness (QED) is 0.486. The molecular weight excluding hydrogens is 218 g/mol. The van der Waals surface area contributed by atoms with Gasteiger partial charge in [-0.05, 0) is 37.1 Å². The van der Waals surface area contributed by atoms with Crippen molar-refractivity contribution in [1.82, 2.24) is 0 Å². The van der Waals surface area contributed by atoms with Crippen molar-refractivity contribution in [1.29, 1.82) is 0 Å². The van der Waals surface area contributed by atoms with Gasteiger partial charge in [0.05, 0.1) is 0 Å². The number of benzene rings is 1. The van der Waals surface area contributed by atoms with Crippen LogP contribution >= 0.6 is 0 Å². The third-order valence-electron chi connectivity index (χ3n) is 2.24. The minimum atomic E-state index is -0.847. The van der Waals surface area contributed by atoms with E-state index in [0.717, 1.165) is 11.1 Å². The van der Waals surface area contributed by atoms with Crippen molar-refractivity contribution in [2.45, 2.75) is 13.8 Å². The summed E-state index contributed by atoms with van der Waals surface area (Å²) in [6, 6.07) is 5.53. The summed E-state index contributed by atoms with van der Waals surface area (Å²) in [6.07, 6.45) is 4.79. The number of nitrogens with one attached hydrogen (secondary N) is 1. The summed E-state index contributed by atoms with van der Waals surface area (Å²) in [6.45, 7) is 3.55. The van der Waals surface area contributed by atoms with Crippen LogP contribution in [0.15, 0.2) is 18.2 Å². The highest BCUT2D eigenvalue weighted by molar-refractivity contribution is 5.95. The van der Waals surface area contributed by atoms with Gasteiger partial charge in [0.2, 0.25) is 0 Å². The van der Waals surface area contributed by atoms with E-state index in [1.165, 1.54) is 0 Å². The second-order valence-electron chi connectivity index (χ2n) is 3.57. The van der Waals surface area contributed by atoms with Crippen molar-refractivity contribution >= 4 is 17.6 Å². The standard InChI is InChI=1S/C13H13NO3/c1-4-13(16)17-8-12(15)14-11-6-5-9(2)10(3)7-11/h1,5-7H,8H2,2-3H3,(H,14,15). The number of ether oxygens (including phenoxy) is 1. The monoisotopic (exact) mass is 231 g/mol. The van der Waals surface area contributed by atoms with Crippen LogP contribution in [0, 0.1) is 26.2 Å². The molecule has 1 aromatic rings. The molecule has 0 saturated carbocycles. The zero-order chi connectivity index (χ0) is 12.8. The van der Waals surface area contributed by atoms with E-state index in [9.17, 15) is 9.59 Å². The van der Waals surface area contributed by atoms with Gasteiger partial charge in [0, 0.05) is 11.6 Å². The number of carbonyl (C=O) groups is 2. The molecule has 1 aromatic carbocycles. The minimum Gasteiger partial charge on any atom is -0.446 e. The summed E-state index contributed by atoms with van der Waals surface area (Å²) in [7, 11) is 0. The van der Waals surface area contributed by atoms with Crippen LogP contribution in [0.4, 0.5) is 5.69 Å². The number of hydrogen-bond acceptors (Lipinski definition) is 3. The fourth-order valence-electron chi connectivity index (χ4n) is 1.19. The Morgan fingerprint density at radius 1 is 1.35 bits per heavy atom. The van der Waals surface area contributed by atoms with Gasteiger partial charge in [-0.15, -0.1) is 6.42 Å².